The Morgan fingerprint density at radius 1 is 1.19 bits per heavy atom. The minimum atomic E-state index is -0.420. The van der Waals surface area contributed by atoms with Crippen LogP contribution in [0.3, 0.4) is 0 Å². The molecule has 16 heavy (non-hydrogen) atoms. The first-order chi connectivity index (χ1) is 7.74. The van der Waals surface area contributed by atoms with E-state index in [0.717, 1.165) is 25.0 Å². The summed E-state index contributed by atoms with van der Waals surface area (Å²) < 4.78 is 5.44. The third kappa shape index (κ3) is 4.53. The van der Waals surface area contributed by atoms with Gasteiger partial charge in [0.15, 0.2) is 0 Å². The molecule has 0 aromatic heterocycles. The highest BCUT2D eigenvalue weighted by Gasteiger charge is 2.03. The Hall–Kier alpha value is -1.23. The monoisotopic (exact) mass is 241 g/mol. The second kappa shape index (κ2) is 7.11. The summed E-state index contributed by atoms with van der Waals surface area (Å²) in [5, 5.41) is 10.4. The van der Waals surface area contributed by atoms with Crippen LogP contribution < -0.4 is 4.74 Å². The zero-order valence-electron chi connectivity index (χ0n) is 8.96. The minimum absolute atomic E-state index is 0.0856. The van der Waals surface area contributed by atoms with Crippen molar-refractivity contribution in [3.63, 3.8) is 0 Å². The number of unbranched alkanes of at least 4 members (excludes halogenated alkanes) is 2. The molecule has 0 unspecified atom stereocenters. The SMILES string of the molecule is O=[N+]([O-])c1ccc(OCCCCCS)cc1. The normalized spacial score (nSPS) is 10.1. The highest BCUT2D eigenvalue weighted by atomic mass is 32.1. The van der Waals surface area contributed by atoms with Crippen LogP contribution in [0.5, 0.6) is 5.75 Å². The maximum Gasteiger partial charge on any atom is 0.269 e. The van der Waals surface area contributed by atoms with E-state index in [-0.39, 0.29) is 5.69 Å². The Labute approximate surface area is 100 Å². The summed E-state index contributed by atoms with van der Waals surface area (Å²) >= 11 is 4.12. The molecule has 0 N–H and O–H groups in total. The second-order valence-electron chi connectivity index (χ2n) is 3.38. The van der Waals surface area contributed by atoms with Gasteiger partial charge in [0.2, 0.25) is 0 Å². The number of ether oxygens (including phenoxy) is 1. The van der Waals surface area contributed by atoms with Gasteiger partial charge >= 0.3 is 0 Å². The molecular formula is C11H15NO3S. The van der Waals surface area contributed by atoms with E-state index < -0.39 is 4.92 Å². The molecular weight excluding hydrogens is 226 g/mol. The van der Waals surface area contributed by atoms with Gasteiger partial charge in [0.05, 0.1) is 11.5 Å². The molecule has 0 fully saturated rings. The topological polar surface area (TPSA) is 52.4 Å². The van der Waals surface area contributed by atoms with Crippen molar-refractivity contribution in [3.8, 4) is 5.75 Å². The molecule has 1 aromatic carbocycles. The molecule has 0 spiro atoms. The fourth-order valence-electron chi connectivity index (χ4n) is 1.24. The summed E-state index contributed by atoms with van der Waals surface area (Å²) in [6, 6.07) is 6.14. The molecule has 0 aliphatic rings. The third-order valence-electron chi connectivity index (χ3n) is 2.12. The molecule has 0 aliphatic heterocycles. The summed E-state index contributed by atoms with van der Waals surface area (Å²) in [5.41, 5.74) is 0.0856. The number of hydrogen-bond acceptors (Lipinski definition) is 4. The van der Waals surface area contributed by atoms with Gasteiger partial charge in [-0.15, -0.1) is 0 Å². The van der Waals surface area contributed by atoms with Gasteiger partial charge in [-0.25, -0.2) is 0 Å². The number of thiol groups is 1. The Morgan fingerprint density at radius 2 is 1.88 bits per heavy atom. The molecule has 0 saturated carbocycles. The van der Waals surface area contributed by atoms with Gasteiger partial charge in [-0.2, -0.15) is 12.6 Å². The summed E-state index contributed by atoms with van der Waals surface area (Å²) in [5.74, 6) is 1.58. The highest BCUT2D eigenvalue weighted by Crippen LogP contribution is 2.17. The van der Waals surface area contributed by atoms with Crippen LogP contribution in [0.15, 0.2) is 24.3 Å². The molecule has 4 nitrogen and oxygen atoms in total. The van der Waals surface area contributed by atoms with Crippen molar-refractivity contribution in [2.45, 2.75) is 19.3 Å². The zero-order chi connectivity index (χ0) is 11.8. The first-order valence-electron chi connectivity index (χ1n) is 5.22. The van der Waals surface area contributed by atoms with Crippen LogP contribution >= 0.6 is 12.6 Å². The molecule has 0 amide bonds. The van der Waals surface area contributed by atoms with Gasteiger partial charge in [-0.3, -0.25) is 10.1 Å². The smallest absolute Gasteiger partial charge is 0.269 e. The largest absolute Gasteiger partial charge is 0.494 e. The summed E-state index contributed by atoms with van der Waals surface area (Å²) in [4.78, 5) is 9.98. The van der Waals surface area contributed by atoms with Crippen molar-refractivity contribution >= 4 is 18.3 Å². The number of non-ortho nitro benzene ring substituents is 1. The van der Waals surface area contributed by atoms with Crippen molar-refractivity contribution in [1.82, 2.24) is 0 Å². The van der Waals surface area contributed by atoms with Crippen LogP contribution in [0.2, 0.25) is 0 Å². The van der Waals surface area contributed by atoms with E-state index in [9.17, 15) is 10.1 Å². The van der Waals surface area contributed by atoms with Gasteiger partial charge in [-0.1, -0.05) is 0 Å². The van der Waals surface area contributed by atoms with Crippen LogP contribution in [-0.4, -0.2) is 17.3 Å². The van der Waals surface area contributed by atoms with E-state index in [2.05, 4.69) is 12.6 Å². The van der Waals surface area contributed by atoms with Crippen molar-refractivity contribution in [2.75, 3.05) is 12.4 Å². The zero-order valence-corrected chi connectivity index (χ0v) is 9.86. The average molecular weight is 241 g/mol. The molecule has 5 heteroatoms. The van der Waals surface area contributed by atoms with Crippen molar-refractivity contribution < 1.29 is 9.66 Å². The Balaban J connectivity index is 2.29. The molecule has 0 aliphatic carbocycles. The van der Waals surface area contributed by atoms with E-state index in [1.807, 2.05) is 0 Å². The Kier molecular flexibility index (Phi) is 5.71. The molecule has 0 atom stereocenters. The second-order valence-corrected chi connectivity index (χ2v) is 3.83. The van der Waals surface area contributed by atoms with Gasteiger partial charge < -0.3 is 4.74 Å². The van der Waals surface area contributed by atoms with E-state index in [0.29, 0.717) is 12.4 Å². The number of rotatable bonds is 7. The number of benzene rings is 1. The summed E-state index contributed by atoms with van der Waals surface area (Å²) in [7, 11) is 0. The third-order valence-corrected chi connectivity index (χ3v) is 2.43. The minimum Gasteiger partial charge on any atom is -0.494 e. The van der Waals surface area contributed by atoms with Crippen LogP contribution in [0, 0.1) is 10.1 Å². The van der Waals surface area contributed by atoms with E-state index >= 15 is 0 Å². The van der Waals surface area contributed by atoms with E-state index in [1.165, 1.54) is 12.1 Å². The highest BCUT2D eigenvalue weighted by molar-refractivity contribution is 7.80. The van der Waals surface area contributed by atoms with E-state index in [1.54, 1.807) is 12.1 Å². The van der Waals surface area contributed by atoms with Crippen LogP contribution in [0.25, 0.3) is 0 Å². The number of nitro benzene ring substituents is 1. The molecule has 0 radical (unpaired) electrons. The number of hydrogen-bond donors (Lipinski definition) is 1. The lowest BCUT2D eigenvalue weighted by molar-refractivity contribution is -0.384. The van der Waals surface area contributed by atoms with E-state index in [4.69, 9.17) is 4.74 Å². The predicted molar refractivity (Wildman–Crippen MR) is 66.3 cm³/mol. The predicted octanol–water partition coefficient (Wildman–Crippen LogP) is 3.07. The Bertz CT molecular complexity index is 327. The fraction of sp³-hybridized carbons (Fsp3) is 0.455. The number of nitro groups is 1. The molecule has 88 valence electrons. The van der Waals surface area contributed by atoms with Crippen molar-refractivity contribution in [1.29, 1.82) is 0 Å². The maximum absolute atomic E-state index is 10.4. The molecule has 0 bridgehead atoms. The molecule has 0 heterocycles. The Morgan fingerprint density at radius 3 is 2.44 bits per heavy atom. The summed E-state index contributed by atoms with van der Waals surface area (Å²) in [6.07, 6.45) is 3.17. The van der Waals surface area contributed by atoms with Crippen molar-refractivity contribution in [2.24, 2.45) is 0 Å². The lowest BCUT2D eigenvalue weighted by atomic mass is 10.2. The lowest BCUT2D eigenvalue weighted by Gasteiger charge is -2.04. The first-order valence-corrected chi connectivity index (χ1v) is 5.85. The lowest BCUT2D eigenvalue weighted by Crippen LogP contribution is -1.97. The number of nitrogens with zero attached hydrogens (tertiary/aromatic N) is 1. The average Bonchev–Trinajstić information content (AvgIpc) is 2.29. The van der Waals surface area contributed by atoms with Gasteiger partial charge in [0, 0.05) is 12.1 Å². The van der Waals surface area contributed by atoms with Gasteiger partial charge in [-0.05, 0) is 37.1 Å². The first kappa shape index (κ1) is 12.8. The van der Waals surface area contributed by atoms with Gasteiger partial charge in [0.1, 0.15) is 5.75 Å². The van der Waals surface area contributed by atoms with Crippen molar-refractivity contribution in [3.05, 3.63) is 34.4 Å². The van der Waals surface area contributed by atoms with Crippen LogP contribution in [0.4, 0.5) is 5.69 Å². The van der Waals surface area contributed by atoms with Crippen LogP contribution in [-0.2, 0) is 0 Å². The van der Waals surface area contributed by atoms with Gasteiger partial charge in [0.25, 0.3) is 5.69 Å². The molecule has 1 aromatic rings. The maximum atomic E-state index is 10.4. The van der Waals surface area contributed by atoms with Crippen LogP contribution in [0.1, 0.15) is 19.3 Å². The quantitative estimate of drug-likeness (QED) is 0.345. The fourth-order valence-corrected chi connectivity index (χ4v) is 1.47. The summed E-state index contributed by atoms with van der Waals surface area (Å²) in [6.45, 7) is 0.644. The molecule has 1 rings (SSSR count). The standard InChI is InChI=1S/C11H15NO3S/c13-12(14)10-4-6-11(7-5-10)15-8-2-1-3-9-16/h4-7,16H,1-3,8-9H2. The molecule has 0 saturated heterocycles.